The molecular formula is C49H41BF2N4. The Balaban J connectivity index is 0.906. The number of hydrogen-bond acceptors (Lipinski definition) is 2. The van der Waals surface area contributed by atoms with Gasteiger partial charge in [-0.2, -0.15) is 0 Å². The van der Waals surface area contributed by atoms with Gasteiger partial charge in [0.05, 0.1) is 0 Å². The number of hydrogen-bond donors (Lipinski definition) is 0. The molecule has 3 heterocycles. The third-order valence-electron chi connectivity index (χ3n) is 10.8. The summed E-state index contributed by atoms with van der Waals surface area (Å²) in [4.78, 5) is 4.44. The minimum atomic E-state index is -4.07. The molecule has 0 radical (unpaired) electrons. The molecule has 0 amide bonds. The second-order valence-electron chi connectivity index (χ2n) is 14.3. The molecule has 7 heteroatoms. The highest BCUT2D eigenvalue weighted by molar-refractivity contribution is 6.58. The summed E-state index contributed by atoms with van der Waals surface area (Å²) in [7, 11) is 0. The van der Waals surface area contributed by atoms with E-state index in [1.807, 2.05) is 103 Å². The first kappa shape index (κ1) is 35.0. The van der Waals surface area contributed by atoms with Gasteiger partial charge >= 0.3 is 6.97 Å². The predicted octanol–water partition coefficient (Wildman–Crippen LogP) is 12.4. The maximum absolute atomic E-state index is 16.7. The van der Waals surface area contributed by atoms with Gasteiger partial charge < -0.3 is 27.4 Å². The summed E-state index contributed by atoms with van der Waals surface area (Å²) in [5, 5.41) is 0. The summed E-state index contributed by atoms with van der Waals surface area (Å²) in [6.45, 7) is -4.07. The number of fused-ring (bicyclic) bond motifs is 2. The minimum absolute atomic E-state index is 0.507. The number of para-hydroxylation sites is 4. The molecule has 0 N–H and O–H groups in total. The lowest BCUT2D eigenvalue weighted by molar-refractivity contribution is -0.362. The SMILES string of the molecule is F[B-]1(F)n2c(ccc2CCc2ccc(N(c3ccccc3)c3ccccc3)cc2)C=C2C=CC(CCc3ccc(N(c4ccccc4)c4ccccc4)cc3)=[N+]21. The average Bonchev–Trinajstić information content (AvgIpc) is 3.87. The zero-order valence-electron chi connectivity index (χ0n) is 31.0. The van der Waals surface area contributed by atoms with Crippen LogP contribution in [0.3, 0.4) is 0 Å². The topological polar surface area (TPSA) is 14.4 Å². The van der Waals surface area contributed by atoms with Crippen molar-refractivity contribution in [3.05, 3.63) is 222 Å². The van der Waals surface area contributed by atoms with Crippen molar-refractivity contribution >= 4 is 52.9 Å². The highest BCUT2D eigenvalue weighted by Gasteiger charge is 2.52. The molecule has 2 aliphatic heterocycles. The largest absolute Gasteiger partial charge is 0.737 e. The number of nitrogens with zero attached hydrogens (tertiary/aromatic N) is 4. The number of benzene rings is 6. The molecule has 4 nitrogen and oxygen atoms in total. The lowest BCUT2D eigenvalue weighted by Gasteiger charge is -2.30. The van der Waals surface area contributed by atoms with Crippen LogP contribution in [0.25, 0.3) is 6.08 Å². The van der Waals surface area contributed by atoms with Gasteiger partial charge in [-0.05, 0) is 121 Å². The number of rotatable bonds is 12. The molecular weight excluding hydrogens is 693 g/mol. The Bertz CT molecular complexity index is 2450. The number of aromatic nitrogens is 1. The van der Waals surface area contributed by atoms with Crippen molar-refractivity contribution in [2.45, 2.75) is 25.7 Å². The van der Waals surface area contributed by atoms with Crippen molar-refractivity contribution in [3.63, 3.8) is 0 Å². The van der Waals surface area contributed by atoms with E-state index >= 15 is 8.63 Å². The van der Waals surface area contributed by atoms with Gasteiger partial charge in [-0.25, -0.2) is 0 Å². The molecule has 0 saturated carbocycles. The van der Waals surface area contributed by atoms with Crippen molar-refractivity contribution in [1.29, 1.82) is 0 Å². The van der Waals surface area contributed by atoms with E-state index in [9.17, 15) is 0 Å². The van der Waals surface area contributed by atoms with Crippen molar-refractivity contribution < 1.29 is 13.1 Å². The smallest absolute Gasteiger partial charge is 0.394 e. The van der Waals surface area contributed by atoms with Crippen LogP contribution >= 0.6 is 0 Å². The normalized spacial score (nSPS) is 13.9. The van der Waals surface area contributed by atoms with Crippen molar-refractivity contribution in [1.82, 2.24) is 4.48 Å². The van der Waals surface area contributed by atoms with Gasteiger partial charge in [-0.3, -0.25) is 0 Å². The first-order valence-corrected chi connectivity index (χ1v) is 19.3. The highest BCUT2D eigenvalue weighted by atomic mass is 19.2. The Hall–Kier alpha value is -6.73. The summed E-state index contributed by atoms with van der Waals surface area (Å²) in [6.07, 6.45) is 7.90. The first-order chi connectivity index (χ1) is 27.5. The summed E-state index contributed by atoms with van der Waals surface area (Å²) in [5.74, 6) is 0. The summed E-state index contributed by atoms with van der Waals surface area (Å²) in [6, 6.07) is 61.8. The predicted molar refractivity (Wildman–Crippen MR) is 228 cm³/mol. The lowest BCUT2D eigenvalue weighted by Crippen LogP contribution is -2.50. The number of allylic oxidation sites excluding steroid dienone is 2. The summed E-state index contributed by atoms with van der Waals surface area (Å²) >= 11 is 0. The maximum atomic E-state index is 16.7. The van der Waals surface area contributed by atoms with Crippen LogP contribution < -0.4 is 9.80 Å². The number of aryl methyl sites for hydroxylation is 3. The fourth-order valence-corrected chi connectivity index (χ4v) is 8.05. The lowest BCUT2D eigenvalue weighted by atomic mass is 9.89. The minimum Gasteiger partial charge on any atom is -0.394 e. The van der Waals surface area contributed by atoms with Gasteiger partial charge in [0.25, 0.3) is 0 Å². The molecule has 0 saturated heterocycles. The highest BCUT2D eigenvalue weighted by Crippen LogP contribution is 2.37. The van der Waals surface area contributed by atoms with Gasteiger partial charge in [-0.1, -0.05) is 97.1 Å². The van der Waals surface area contributed by atoms with Gasteiger partial charge in [0.1, 0.15) is 5.71 Å². The van der Waals surface area contributed by atoms with Crippen molar-refractivity contribution in [2.24, 2.45) is 0 Å². The molecule has 0 aliphatic carbocycles. The van der Waals surface area contributed by atoms with E-state index in [-0.39, 0.29) is 0 Å². The van der Waals surface area contributed by atoms with E-state index in [0.717, 1.165) is 45.3 Å². The van der Waals surface area contributed by atoms with Crippen LogP contribution in [0.1, 0.15) is 28.9 Å². The van der Waals surface area contributed by atoms with Crippen LogP contribution in [0.2, 0.25) is 0 Å². The Morgan fingerprint density at radius 3 is 1.29 bits per heavy atom. The van der Waals surface area contributed by atoms with Crippen molar-refractivity contribution in [2.75, 3.05) is 9.80 Å². The molecule has 56 heavy (non-hydrogen) atoms. The third-order valence-corrected chi connectivity index (χ3v) is 10.8. The van der Waals surface area contributed by atoms with Gasteiger partial charge in [-0.15, -0.1) is 0 Å². The molecule has 0 fully saturated rings. The molecule has 9 rings (SSSR count). The Labute approximate surface area is 327 Å². The van der Waals surface area contributed by atoms with Crippen LogP contribution in [0.5, 0.6) is 0 Å². The molecule has 2 aliphatic rings. The van der Waals surface area contributed by atoms with E-state index < -0.39 is 6.97 Å². The van der Waals surface area contributed by atoms with Crippen LogP contribution in [0.15, 0.2) is 200 Å². The Kier molecular flexibility index (Phi) is 9.50. The van der Waals surface area contributed by atoms with Gasteiger partial charge in [0.15, 0.2) is 5.70 Å². The second kappa shape index (κ2) is 15.2. The van der Waals surface area contributed by atoms with E-state index in [1.165, 1.54) is 8.96 Å². The van der Waals surface area contributed by atoms with Crippen LogP contribution in [-0.4, -0.2) is 21.6 Å². The van der Waals surface area contributed by atoms with Gasteiger partial charge in [0.2, 0.25) is 0 Å². The molecule has 0 unspecified atom stereocenters. The average molecular weight is 735 g/mol. The Morgan fingerprint density at radius 2 is 0.839 bits per heavy atom. The third kappa shape index (κ3) is 6.88. The number of halogens is 2. The fourth-order valence-electron chi connectivity index (χ4n) is 8.05. The zero-order chi connectivity index (χ0) is 37.9. The molecule has 0 atom stereocenters. The van der Waals surface area contributed by atoms with Crippen LogP contribution in [0.4, 0.5) is 42.8 Å². The number of anilines is 6. The first-order valence-electron chi connectivity index (χ1n) is 19.3. The fraction of sp³-hybridized carbons (Fsp3) is 0.0816. The zero-order valence-corrected chi connectivity index (χ0v) is 31.0. The van der Waals surface area contributed by atoms with E-state index in [1.54, 1.807) is 0 Å². The van der Waals surface area contributed by atoms with Crippen LogP contribution in [0, 0.1) is 0 Å². The summed E-state index contributed by atoms with van der Waals surface area (Å²) < 4.78 is 36.0. The molecule has 0 bridgehead atoms. The monoisotopic (exact) mass is 734 g/mol. The molecule has 6 aromatic carbocycles. The standard InChI is InChI=1S/C49H41BF2N4/c51-50(52)55-46(31-25-38-21-27-44(28-22-38)53(40-13-5-1-6-14-40)41-15-7-2-8-16-41)33-35-48(55)37-49-36-34-47(56(49)50)32-26-39-23-29-45(30-24-39)54(42-17-9-3-10-18-42)43-19-11-4-12-20-43/h1-24,27-30,33-37H,25-26,31-32H2. The second-order valence-corrected chi connectivity index (χ2v) is 14.3. The molecule has 0 spiro atoms. The van der Waals surface area contributed by atoms with E-state index in [4.69, 9.17) is 0 Å². The summed E-state index contributed by atoms with van der Waals surface area (Å²) in [5.41, 5.74) is 11.0. The van der Waals surface area contributed by atoms with E-state index in [2.05, 4.69) is 107 Å². The quantitative estimate of drug-likeness (QED) is 0.116. The Morgan fingerprint density at radius 1 is 0.429 bits per heavy atom. The van der Waals surface area contributed by atoms with Gasteiger partial charge in [0, 0.05) is 64.5 Å². The molecule has 7 aromatic rings. The van der Waals surface area contributed by atoms with E-state index in [0.29, 0.717) is 48.5 Å². The molecule has 1 aromatic heterocycles. The van der Waals surface area contributed by atoms with Crippen molar-refractivity contribution in [3.8, 4) is 0 Å². The molecule has 274 valence electrons. The maximum Gasteiger partial charge on any atom is 0.737 e. The van der Waals surface area contributed by atoms with Crippen LogP contribution in [-0.2, 0) is 19.3 Å².